The van der Waals surface area contributed by atoms with Gasteiger partial charge in [0.2, 0.25) is 0 Å². The minimum absolute atomic E-state index is 0.0165. The predicted octanol–water partition coefficient (Wildman–Crippen LogP) is 5.78. The molecule has 2 aromatic carbocycles. The fourth-order valence-electron chi connectivity index (χ4n) is 4.20. The molecule has 3 rings (SSSR count). The number of carbonyl (C=O) groups is 1. The van der Waals surface area contributed by atoms with Gasteiger partial charge in [0.25, 0.3) is 5.91 Å². The molecule has 0 aliphatic heterocycles. The highest BCUT2D eigenvalue weighted by Crippen LogP contribution is 2.37. The van der Waals surface area contributed by atoms with Crippen molar-refractivity contribution in [3.05, 3.63) is 59.1 Å². The molecule has 0 saturated heterocycles. The van der Waals surface area contributed by atoms with Gasteiger partial charge in [-0.05, 0) is 93.8 Å². The van der Waals surface area contributed by atoms with Crippen LogP contribution in [-0.2, 0) is 0 Å². The summed E-state index contributed by atoms with van der Waals surface area (Å²) in [5.41, 5.74) is 1.77. The summed E-state index contributed by atoms with van der Waals surface area (Å²) in [7, 11) is 1.61. The maximum absolute atomic E-state index is 12.4. The second-order valence-corrected chi connectivity index (χ2v) is 8.95. The Balaban J connectivity index is 1.47. The van der Waals surface area contributed by atoms with Crippen molar-refractivity contribution in [1.82, 2.24) is 5.32 Å². The summed E-state index contributed by atoms with van der Waals surface area (Å²) in [6.07, 6.45) is 4.59. The molecule has 0 bridgehead atoms. The van der Waals surface area contributed by atoms with Crippen LogP contribution in [0.2, 0.25) is 5.02 Å². The summed E-state index contributed by atoms with van der Waals surface area (Å²) in [5.74, 6) is 1.81. The Morgan fingerprint density at radius 1 is 1.10 bits per heavy atom. The molecule has 1 amide bonds. The smallest absolute Gasteiger partial charge is 0.251 e. The van der Waals surface area contributed by atoms with Gasteiger partial charge >= 0.3 is 0 Å². The van der Waals surface area contributed by atoms with Crippen molar-refractivity contribution in [3.63, 3.8) is 0 Å². The molecule has 0 atom stereocenters. The van der Waals surface area contributed by atoms with Gasteiger partial charge < -0.3 is 15.4 Å². The number of rotatable bonds is 7. The molecule has 2 N–H and O–H groups in total. The van der Waals surface area contributed by atoms with E-state index in [1.54, 1.807) is 13.2 Å². The largest absolute Gasteiger partial charge is 0.497 e. The lowest BCUT2D eigenvalue weighted by atomic mass is 9.73. The Hall–Kier alpha value is -2.20. The first-order valence-corrected chi connectivity index (χ1v) is 10.7. The van der Waals surface area contributed by atoms with E-state index in [1.165, 1.54) is 0 Å². The highest BCUT2D eigenvalue weighted by Gasteiger charge is 2.33. The van der Waals surface area contributed by atoms with Crippen LogP contribution in [0.3, 0.4) is 0 Å². The molecule has 5 heteroatoms. The van der Waals surface area contributed by atoms with E-state index in [2.05, 4.69) is 24.5 Å². The summed E-state index contributed by atoms with van der Waals surface area (Å²) < 4.78 is 5.20. The summed E-state index contributed by atoms with van der Waals surface area (Å²) in [5, 5.41) is 7.52. The number of ether oxygens (including phenoxy) is 1. The van der Waals surface area contributed by atoms with E-state index >= 15 is 0 Å². The minimum atomic E-state index is -0.0317. The highest BCUT2D eigenvalue weighted by atomic mass is 35.5. The fourth-order valence-corrected chi connectivity index (χ4v) is 4.32. The van der Waals surface area contributed by atoms with Crippen LogP contribution in [0.4, 0.5) is 5.69 Å². The molecule has 0 radical (unpaired) electrons. The quantitative estimate of drug-likeness (QED) is 0.604. The van der Waals surface area contributed by atoms with E-state index in [1.807, 2.05) is 42.5 Å². The molecule has 0 heterocycles. The first-order valence-electron chi connectivity index (χ1n) is 10.3. The van der Waals surface area contributed by atoms with Crippen molar-refractivity contribution in [3.8, 4) is 5.75 Å². The molecule has 0 spiro atoms. The molecule has 0 aromatic heterocycles. The van der Waals surface area contributed by atoms with Gasteiger partial charge in [0.15, 0.2) is 0 Å². The van der Waals surface area contributed by atoms with Crippen LogP contribution in [-0.4, -0.2) is 25.1 Å². The average Bonchev–Trinajstić information content (AvgIpc) is 2.74. The van der Waals surface area contributed by atoms with Crippen molar-refractivity contribution >= 4 is 23.2 Å². The highest BCUT2D eigenvalue weighted by molar-refractivity contribution is 6.30. The summed E-state index contributed by atoms with van der Waals surface area (Å²) >= 11 is 5.99. The van der Waals surface area contributed by atoms with E-state index in [0.717, 1.165) is 42.9 Å². The van der Waals surface area contributed by atoms with Gasteiger partial charge in [0, 0.05) is 28.4 Å². The molecule has 29 heavy (non-hydrogen) atoms. The zero-order valence-corrected chi connectivity index (χ0v) is 18.3. The van der Waals surface area contributed by atoms with E-state index in [-0.39, 0.29) is 11.4 Å². The van der Waals surface area contributed by atoms with Gasteiger partial charge in [0.05, 0.1) is 7.11 Å². The molecule has 1 saturated carbocycles. The average molecular weight is 415 g/mol. The van der Waals surface area contributed by atoms with Crippen molar-refractivity contribution in [2.75, 3.05) is 19.0 Å². The summed E-state index contributed by atoms with van der Waals surface area (Å²) in [6, 6.07) is 15.2. The van der Waals surface area contributed by atoms with E-state index < -0.39 is 0 Å². The van der Waals surface area contributed by atoms with Crippen LogP contribution in [0.1, 0.15) is 49.9 Å². The maximum Gasteiger partial charge on any atom is 0.251 e. The molecule has 0 unspecified atom stereocenters. The molecule has 156 valence electrons. The van der Waals surface area contributed by atoms with Crippen molar-refractivity contribution < 1.29 is 9.53 Å². The van der Waals surface area contributed by atoms with E-state index in [0.29, 0.717) is 23.1 Å². The Labute approximate surface area is 179 Å². The number of methoxy groups -OCH3 is 1. The third-order valence-electron chi connectivity index (χ3n) is 6.06. The van der Waals surface area contributed by atoms with Crippen LogP contribution in [0, 0.1) is 11.8 Å². The zero-order chi connectivity index (χ0) is 20.9. The predicted molar refractivity (Wildman–Crippen MR) is 120 cm³/mol. The normalized spacial score (nSPS) is 19.4. The lowest BCUT2D eigenvalue weighted by Crippen LogP contribution is -2.42. The Morgan fingerprint density at radius 3 is 2.45 bits per heavy atom. The number of anilines is 1. The standard InChI is InChI=1S/C24H31ClN2O2/c1-24(2,27-21-13-11-20(25)12-14-21)19-9-7-17(8-10-19)16-26-23(28)18-5-4-6-22(15-18)29-3/h4-6,11-15,17,19,27H,7-10,16H2,1-3H3,(H,26,28). The Bertz CT molecular complexity index is 812. The first kappa shape index (κ1) is 21.5. The molecule has 1 aliphatic carbocycles. The molecule has 1 fully saturated rings. The third-order valence-corrected chi connectivity index (χ3v) is 6.31. The number of nitrogens with one attached hydrogen (secondary N) is 2. The lowest BCUT2D eigenvalue weighted by molar-refractivity contribution is 0.0938. The second kappa shape index (κ2) is 9.53. The van der Waals surface area contributed by atoms with Crippen LogP contribution in [0.15, 0.2) is 48.5 Å². The monoisotopic (exact) mass is 414 g/mol. The van der Waals surface area contributed by atoms with Gasteiger partial charge in [-0.25, -0.2) is 0 Å². The molecular formula is C24H31ClN2O2. The van der Waals surface area contributed by atoms with E-state index in [4.69, 9.17) is 16.3 Å². The van der Waals surface area contributed by atoms with Gasteiger partial charge in [-0.2, -0.15) is 0 Å². The van der Waals surface area contributed by atoms with Gasteiger partial charge in [-0.3, -0.25) is 4.79 Å². The molecular weight excluding hydrogens is 384 g/mol. The van der Waals surface area contributed by atoms with Gasteiger partial charge in [0.1, 0.15) is 5.75 Å². The number of hydrogen-bond donors (Lipinski definition) is 2. The lowest BCUT2D eigenvalue weighted by Gasteiger charge is -2.40. The van der Waals surface area contributed by atoms with Crippen molar-refractivity contribution in [2.24, 2.45) is 11.8 Å². The third kappa shape index (κ3) is 5.89. The zero-order valence-electron chi connectivity index (χ0n) is 17.5. The fraction of sp³-hybridized carbons (Fsp3) is 0.458. The Kier molecular flexibility index (Phi) is 7.07. The van der Waals surface area contributed by atoms with Crippen LogP contribution in [0.25, 0.3) is 0 Å². The number of benzene rings is 2. The van der Waals surface area contributed by atoms with Crippen molar-refractivity contribution in [2.45, 2.75) is 45.1 Å². The summed E-state index contributed by atoms with van der Waals surface area (Å²) in [4.78, 5) is 12.4. The number of amides is 1. The van der Waals surface area contributed by atoms with Gasteiger partial charge in [-0.1, -0.05) is 17.7 Å². The minimum Gasteiger partial charge on any atom is -0.497 e. The van der Waals surface area contributed by atoms with E-state index in [9.17, 15) is 4.79 Å². The second-order valence-electron chi connectivity index (χ2n) is 8.51. The SMILES string of the molecule is COc1cccc(C(=O)NCC2CCC(C(C)(C)Nc3ccc(Cl)cc3)CC2)c1. The number of hydrogen-bond acceptors (Lipinski definition) is 3. The number of carbonyl (C=O) groups excluding carboxylic acids is 1. The maximum atomic E-state index is 12.4. The molecule has 1 aliphatic rings. The van der Waals surface area contributed by atoms with Crippen LogP contribution in [0.5, 0.6) is 5.75 Å². The van der Waals surface area contributed by atoms with Crippen molar-refractivity contribution in [1.29, 1.82) is 0 Å². The van der Waals surface area contributed by atoms with Crippen LogP contribution < -0.4 is 15.4 Å². The van der Waals surface area contributed by atoms with Crippen LogP contribution >= 0.6 is 11.6 Å². The molecule has 2 aromatic rings. The number of halogens is 1. The Morgan fingerprint density at radius 2 is 1.79 bits per heavy atom. The van der Waals surface area contributed by atoms with Gasteiger partial charge in [-0.15, -0.1) is 0 Å². The topological polar surface area (TPSA) is 50.4 Å². The summed E-state index contributed by atoms with van der Waals surface area (Å²) in [6.45, 7) is 5.28. The first-order chi connectivity index (χ1) is 13.9. The molecule has 4 nitrogen and oxygen atoms in total.